The highest BCUT2D eigenvalue weighted by Gasteiger charge is 2.43. The summed E-state index contributed by atoms with van der Waals surface area (Å²) in [7, 11) is 0. The van der Waals surface area contributed by atoms with Crippen molar-refractivity contribution in [2.75, 3.05) is 18.0 Å². The molecule has 21 heavy (non-hydrogen) atoms. The molecule has 2 heterocycles. The molecule has 116 valence electrons. The number of pyridine rings is 1. The van der Waals surface area contributed by atoms with Gasteiger partial charge in [0.1, 0.15) is 0 Å². The lowest BCUT2D eigenvalue weighted by Gasteiger charge is -2.47. The Morgan fingerprint density at radius 1 is 1.38 bits per heavy atom. The van der Waals surface area contributed by atoms with Crippen molar-refractivity contribution < 1.29 is 9.84 Å². The third kappa shape index (κ3) is 3.00. The van der Waals surface area contributed by atoms with Crippen molar-refractivity contribution >= 4 is 5.82 Å². The van der Waals surface area contributed by atoms with E-state index < -0.39 is 5.60 Å². The fourth-order valence-electron chi connectivity index (χ4n) is 3.73. The smallest absolute Gasteiger partial charge is 0.171 e. The summed E-state index contributed by atoms with van der Waals surface area (Å²) in [5.41, 5.74) is -0.442. The molecule has 1 N–H and O–H groups in total. The summed E-state index contributed by atoms with van der Waals surface area (Å²) in [6.07, 6.45) is 7.30. The predicted octanol–water partition coefficient (Wildman–Crippen LogP) is 3.00. The van der Waals surface area contributed by atoms with Gasteiger partial charge in [-0.1, -0.05) is 12.8 Å². The van der Waals surface area contributed by atoms with E-state index in [0.29, 0.717) is 5.92 Å². The largest absolute Gasteiger partial charge is 0.487 e. The first kappa shape index (κ1) is 14.6. The summed E-state index contributed by atoms with van der Waals surface area (Å²) in [6.45, 7) is 5.82. The lowest BCUT2D eigenvalue weighted by Crippen LogP contribution is -2.53. The van der Waals surface area contributed by atoms with Crippen molar-refractivity contribution in [1.29, 1.82) is 0 Å². The van der Waals surface area contributed by atoms with Crippen LogP contribution in [0, 0.1) is 5.92 Å². The van der Waals surface area contributed by atoms with Gasteiger partial charge in [-0.3, -0.25) is 0 Å². The van der Waals surface area contributed by atoms with Crippen molar-refractivity contribution in [3.05, 3.63) is 18.3 Å². The van der Waals surface area contributed by atoms with Gasteiger partial charge < -0.3 is 14.7 Å². The highest BCUT2D eigenvalue weighted by Crippen LogP contribution is 2.41. The minimum atomic E-state index is -0.442. The van der Waals surface area contributed by atoms with Crippen LogP contribution in [0.3, 0.4) is 0 Å². The average molecular weight is 290 g/mol. The van der Waals surface area contributed by atoms with Crippen LogP contribution in [0.25, 0.3) is 0 Å². The highest BCUT2D eigenvalue weighted by atomic mass is 16.5. The molecule has 0 radical (unpaired) electrons. The van der Waals surface area contributed by atoms with Crippen LogP contribution in [0.4, 0.5) is 5.82 Å². The molecule has 0 aromatic carbocycles. The van der Waals surface area contributed by atoms with Crippen LogP contribution in [0.2, 0.25) is 0 Å². The Morgan fingerprint density at radius 2 is 2.24 bits per heavy atom. The first-order valence-electron chi connectivity index (χ1n) is 8.17. The molecule has 3 rings (SSSR count). The Morgan fingerprint density at radius 3 is 3.05 bits per heavy atom. The Labute approximate surface area is 127 Å². The number of rotatable bonds is 3. The van der Waals surface area contributed by atoms with E-state index >= 15 is 0 Å². The number of hydrogen-bond acceptors (Lipinski definition) is 4. The lowest BCUT2D eigenvalue weighted by molar-refractivity contribution is -0.0614. The van der Waals surface area contributed by atoms with E-state index in [4.69, 9.17) is 4.74 Å². The van der Waals surface area contributed by atoms with E-state index in [1.54, 1.807) is 0 Å². The molecule has 2 atom stereocenters. The monoisotopic (exact) mass is 290 g/mol. The van der Waals surface area contributed by atoms with Crippen LogP contribution < -0.4 is 9.64 Å². The SMILES string of the molecule is CC(C)Oc1cccnc1N1CCC2(O)CCCCC2C1. The lowest BCUT2D eigenvalue weighted by atomic mass is 9.71. The standard InChI is InChI=1S/C17H26N2O2/c1-13(2)21-15-7-5-10-18-16(15)19-11-9-17(20)8-4-3-6-14(17)12-19/h5,7,10,13-14,20H,3-4,6,8-9,11-12H2,1-2H3. The van der Waals surface area contributed by atoms with Gasteiger partial charge in [0.15, 0.2) is 11.6 Å². The first-order chi connectivity index (χ1) is 10.1. The molecule has 1 aromatic rings. The quantitative estimate of drug-likeness (QED) is 0.929. The third-order valence-corrected chi connectivity index (χ3v) is 4.84. The summed E-state index contributed by atoms with van der Waals surface area (Å²) in [5, 5.41) is 10.8. The van der Waals surface area contributed by atoms with E-state index in [0.717, 1.165) is 50.3 Å². The molecule has 2 aliphatic rings. The van der Waals surface area contributed by atoms with Gasteiger partial charge in [0.2, 0.25) is 0 Å². The third-order valence-electron chi connectivity index (χ3n) is 4.84. The molecular formula is C17H26N2O2. The van der Waals surface area contributed by atoms with Gasteiger partial charge >= 0.3 is 0 Å². The normalized spacial score (nSPS) is 29.3. The number of anilines is 1. The van der Waals surface area contributed by atoms with Gasteiger partial charge in [0, 0.05) is 25.2 Å². The van der Waals surface area contributed by atoms with Crippen LogP contribution in [-0.4, -0.2) is 34.9 Å². The van der Waals surface area contributed by atoms with Crippen LogP contribution in [-0.2, 0) is 0 Å². The fourth-order valence-corrected chi connectivity index (χ4v) is 3.73. The molecule has 0 bridgehead atoms. The Balaban J connectivity index is 1.79. The molecule has 0 amide bonds. The fraction of sp³-hybridized carbons (Fsp3) is 0.706. The van der Waals surface area contributed by atoms with Crippen molar-refractivity contribution in [1.82, 2.24) is 4.98 Å². The van der Waals surface area contributed by atoms with Crippen molar-refractivity contribution in [3.63, 3.8) is 0 Å². The van der Waals surface area contributed by atoms with E-state index in [2.05, 4.69) is 9.88 Å². The van der Waals surface area contributed by atoms with Gasteiger partial charge in [-0.25, -0.2) is 4.98 Å². The number of fused-ring (bicyclic) bond motifs is 1. The second kappa shape index (κ2) is 5.84. The summed E-state index contributed by atoms with van der Waals surface area (Å²) >= 11 is 0. The molecule has 1 saturated carbocycles. The number of aromatic nitrogens is 1. The van der Waals surface area contributed by atoms with Crippen molar-refractivity contribution in [3.8, 4) is 5.75 Å². The minimum absolute atomic E-state index is 0.143. The summed E-state index contributed by atoms with van der Waals surface area (Å²) in [6, 6.07) is 3.91. The molecule has 0 spiro atoms. The topological polar surface area (TPSA) is 45.6 Å². The molecule has 4 nitrogen and oxygen atoms in total. The zero-order valence-electron chi connectivity index (χ0n) is 13.1. The molecule has 2 unspecified atom stereocenters. The molecule has 1 aliphatic carbocycles. The molecule has 1 aliphatic heterocycles. The number of piperidine rings is 1. The van der Waals surface area contributed by atoms with Gasteiger partial charge in [-0.2, -0.15) is 0 Å². The maximum Gasteiger partial charge on any atom is 0.171 e. The zero-order valence-corrected chi connectivity index (χ0v) is 13.1. The molecular weight excluding hydrogens is 264 g/mol. The van der Waals surface area contributed by atoms with Gasteiger partial charge in [0.05, 0.1) is 11.7 Å². The number of aliphatic hydroxyl groups is 1. The van der Waals surface area contributed by atoms with Crippen LogP contribution in [0.1, 0.15) is 46.0 Å². The van der Waals surface area contributed by atoms with E-state index in [-0.39, 0.29) is 6.10 Å². The van der Waals surface area contributed by atoms with Crippen LogP contribution in [0.15, 0.2) is 18.3 Å². The number of nitrogens with zero attached hydrogens (tertiary/aromatic N) is 2. The summed E-state index contributed by atoms with van der Waals surface area (Å²) < 4.78 is 5.89. The second-order valence-corrected chi connectivity index (χ2v) is 6.73. The molecule has 4 heteroatoms. The van der Waals surface area contributed by atoms with Crippen LogP contribution >= 0.6 is 0 Å². The number of ether oxygens (including phenoxy) is 1. The van der Waals surface area contributed by atoms with Gasteiger partial charge in [-0.05, 0) is 45.2 Å². The highest BCUT2D eigenvalue weighted by molar-refractivity contribution is 5.52. The Kier molecular flexibility index (Phi) is 4.07. The molecule has 1 saturated heterocycles. The Bertz CT molecular complexity index is 491. The van der Waals surface area contributed by atoms with Crippen LogP contribution in [0.5, 0.6) is 5.75 Å². The van der Waals surface area contributed by atoms with E-state index in [1.807, 2.05) is 32.2 Å². The predicted molar refractivity (Wildman–Crippen MR) is 83.7 cm³/mol. The first-order valence-corrected chi connectivity index (χ1v) is 8.17. The summed E-state index contributed by atoms with van der Waals surface area (Å²) in [5.74, 6) is 2.15. The zero-order chi connectivity index (χ0) is 14.9. The van der Waals surface area contributed by atoms with Gasteiger partial charge in [-0.15, -0.1) is 0 Å². The summed E-state index contributed by atoms with van der Waals surface area (Å²) in [4.78, 5) is 6.83. The number of hydrogen-bond donors (Lipinski definition) is 1. The maximum atomic E-state index is 10.8. The maximum absolute atomic E-state index is 10.8. The second-order valence-electron chi connectivity index (χ2n) is 6.73. The van der Waals surface area contributed by atoms with Crippen molar-refractivity contribution in [2.45, 2.75) is 57.7 Å². The van der Waals surface area contributed by atoms with E-state index in [9.17, 15) is 5.11 Å². The van der Waals surface area contributed by atoms with E-state index in [1.165, 1.54) is 6.42 Å². The average Bonchev–Trinajstić information content (AvgIpc) is 2.46. The van der Waals surface area contributed by atoms with Gasteiger partial charge in [0.25, 0.3) is 0 Å². The van der Waals surface area contributed by atoms with Crippen molar-refractivity contribution in [2.24, 2.45) is 5.92 Å². The minimum Gasteiger partial charge on any atom is -0.487 e. The Hall–Kier alpha value is -1.29. The molecule has 1 aromatic heterocycles. The molecule has 2 fully saturated rings.